The molecule has 86 valence electrons. The quantitative estimate of drug-likeness (QED) is 0.687. The van der Waals surface area contributed by atoms with E-state index >= 15 is 0 Å². The van der Waals surface area contributed by atoms with Crippen LogP contribution in [0.25, 0.3) is 0 Å². The van der Waals surface area contributed by atoms with E-state index in [1.165, 1.54) is 39.3 Å². The van der Waals surface area contributed by atoms with E-state index in [0.717, 1.165) is 12.6 Å². The summed E-state index contributed by atoms with van der Waals surface area (Å²) >= 11 is 0. The maximum absolute atomic E-state index is 11.0. The predicted octanol–water partition coefficient (Wildman–Crippen LogP) is 0.376. The molecule has 0 spiro atoms. The van der Waals surface area contributed by atoms with Gasteiger partial charge in [0.1, 0.15) is 0 Å². The summed E-state index contributed by atoms with van der Waals surface area (Å²) in [6.45, 7) is 2.68. The lowest BCUT2D eigenvalue weighted by molar-refractivity contribution is -0.139. The lowest BCUT2D eigenvalue weighted by Gasteiger charge is -2.28. The number of carbonyl (C=O) groups is 1. The Hall–Kier alpha value is -0.610. The summed E-state index contributed by atoms with van der Waals surface area (Å²) in [6.07, 6.45) is 5.22. The minimum Gasteiger partial charge on any atom is -0.468 e. The normalized spacial score (nSPS) is 31.3. The second-order valence-electron chi connectivity index (χ2n) is 4.53. The van der Waals surface area contributed by atoms with Crippen LogP contribution < -0.4 is 5.32 Å². The molecule has 0 bridgehead atoms. The second kappa shape index (κ2) is 4.94. The van der Waals surface area contributed by atoms with Gasteiger partial charge < -0.3 is 10.1 Å². The molecule has 0 amide bonds. The Labute approximate surface area is 91.0 Å². The van der Waals surface area contributed by atoms with Gasteiger partial charge in [0.25, 0.3) is 0 Å². The number of methoxy groups -OCH3 is 1. The first-order valence-electron chi connectivity index (χ1n) is 5.84. The summed E-state index contributed by atoms with van der Waals surface area (Å²) in [7, 11) is 1.43. The first-order chi connectivity index (χ1) is 7.29. The molecule has 0 aromatic rings. The zero-order chi connectivity index (χ0) is 10.7. The lowest BCUT2D eigenvalue weighted by atomic mass is 10.0. The van der Waals surface area contributed by atoms with E-state index in [1.807, 2.05) is 0 Å². The highest BCUT2D eigenvalue weighted by molar-refractivity contribution is 5.71. The molecule has 2 unspecified atom stereocenters. The molecule has 0 aromatic carbocycles. The Morgan fingerprint density at radius 3 is 3.13 bits per heavy atom. The van der Waals surface area contributed by atoms with Crippen molar-refractivity contribution in [3.8, 4) is 0 Å². The minimum atomic E-state index is -0.167. The number of hydrogen-bond donors (Lipinski definition) is 1. The summed E-state index contributed by atoms with van der Waals surface area (Å²) in [5, 5.41) is 3.27. The van der Waals surface area contributed by atoms with Crippen molar-refractivity contribution in [2.75, 3.05) is 26.7 Å². The molecule has 15 heavy (non-hydrogen) atoms. The summed E-state index contributed by atoms with van der Waals surface area (Å²) < 4.78 is 4.61. The fourth-order valence-corrected chi connectivity index (χ4v) is 2.70. The number of rotatable bonds is 3. The van der Waals surface area contributed by atoms with E-state index in [2.05, 4.69) is 15.0 Å². The summed E-state index contributed by atoms with van der Waals surface area (Å²) in [6, 6.07) is 1.24. The Kier molecular flexibility index (Phi) is 3.59. The van der Waals surface area contributed by atoms with Crippen molar-refractivity contribution in [2.24, 2.45) is 0 Å². The van der Waals surface area contributed by atoms with Crippen LogP contribution >= 0.6 is 0 Å². The number of fused-ring (bicyclic) bond motifs is 1. The maximum atomic E-state index is 11.0. The standard InChI is InChI=1S/C11H20N2O2/c1-15-11(14)7-12-9-6-10-4-2-3-5-13(10)8-9/h9-10,12H,2-8H2,1H3. The molecule has 2 rings (SSSR count). The average molecular weight is 212 g/mol. The molecule has 0 aromatic heterocycles. The van der Waals surface area contributed by atoms with E-state index in [1.54, 1.807) is 0 Å². The van der Waals surface area contributed by atoms with Crippen molar-refractivity contribution >= 4 is 5.97 Å². The molecule has 2 heterocycles. The number of carbonyl (C=O) groups excluding carboxylic acids is 1. The summed E-state index contributed by atoms with van der Waals surface area (Å²) in [4.78, 5) is 13.5. The molecule has 2 aliphatic rings. The smallest absolute Gasteiger partial charge is 0.319 e. The van der Waals surface area contributed by atoms with Gasteiger partial charge in [0.05, 0.1) is 13.7 Å². The first-order valence-corrected chi connectivity index (χ1v) is 5.84. The van der Waals surface area contributed by atoms with Crippen LogP contribution in [0.3, 0.4) is 0 Å². The van der Waals surface area contributed by atoms with Crippen LogP contribution in [-0.2, 0) is 9.53 Å². The monoisotopic (exact) mass is 212 g/mol. The third kappa shape index (κ3) is 2.69. The fourth-order valence-electron chi connectivity index (χ4n) is 2.70. The van der Waals surface area contributed by atoms with Crippen LogP contribution in [0.1, 0.15) is 25.7 Å². The van der Waals surface area contributed by atoms with Gasteiger partial charge in [-0.2, -0.15) is 0 Å². The maximum Gasteiger partial charge on any atom is 0.319 e. The molecule has 4 nitrogen and oxygen atoms in total. The van der Waals surface area contributed by atoms with Gasteiger partial charge in [-0.25, -0.2) is 0 Å². The second-order valence-corrected chi connectivity index (χ2v) is 4.53. The van der Waals surface area contributed by atoms with Gasteiger partial charge in [-0.3, -0.25) is 9.69 Å². The molecular formula is C11H20N2O2. The zero-order valence-electron chi connectivity index (χ0n) is 9.37. The predicted molar refractivity (Wildman–Crippen MR) is 57.6 cm³/mol. The van der Waals surface area contributed by atoms with Gasteiger partial charge in [-0.1, -0.05) is 6.42 Å². The molecule has 0 saturated carbocycles. The van der Waals surface area contributed by atoms with E-state index in [0.29, 0.717) is 12.6 Å². The number of ether oxygens (including phenoxy) is 1. The SMILES string of the molecule is COC(=O)CNC1CC2CCCCN2C1. The highest BCUT2D eigenvalue weighted by Gasteiger charge is 2.33. The number of piperidine rings is 1. The van der Waals surface area contributed by atoms with E-state index < -0.39 is 0 Å². The molecule has 2 saturated heterocycles. The third-order valence-electron chi connectivity index (χ3n) is 3.52. The van der Waals surface area contributed by atoms with Crippen LogP contribution in [0.4, 0.5) is 0 Å². The van der Waals surface area contributed by atoms with Gasteiger partial charge in [-0.05, 0) is 25.8 Å². The summed E-state index contributed by atoms with van der Waals surface area (Å²) in [5.41, 5.74) is 0. The van der Waals surface area contributed by atoms with Gasteiger partial charge in [0.15, 0.2) is 0 Å². The fraction of sp³-hybridized carbons (Fsp3) is 0.909. The molecule has 2 fully saturated rings. The number of esters is 1. The molecule has 4 heteroatoms. The first kappa shape index (κ1) is 10.9. The van der Waals surface area contributed by atoms with Crippen molar-refractivity contribution in [1.82, 2.24) is 10.2 Å². The third-order valence-corrected chi connectivity index (χ3v) is 3.52. The van der Waals surface area contributed by atoms with E-state index in [9.17, 15) is 4.79 Å². The average Bonchev–Trinajstić information content (AvgIpc) is 2.68. The van der Waals surface area contributed by atoms with Crippen LogP contribution in [0.5, 0.6) is 0 Å². The largest absolute Gasteiger partial charge is 0.468 e. The lowest BCUT2D eigenvalue weighted by Crippen LogP contribution is -2.37. The number of nitrogens with one attached hydrogen (secondary N) is 1. The van der Waals surface area contributed by atoms with E-state index in [-0.39, 0.29) is 5.97 Å². The molecular weight excluding hydrogens is 192 g/mol. The topological polar surface area (TPSA) is 41.6 Å². The minimum absolute atomic E-state index is 0.167. The molecule has 0 aliphatic carbocycles. The van der Waals surface area contributed by atoms with E-state index in [4.69, 9.17) is 0 Å². The van der Waals surface area contributed by atoms with Crippen LogP contribution in [0, 0.1) is 0 Å². The van der Waals surface area contributed by atoms with Crippen molar-refractivity contribution in [3.05, 3.63) is 0 Å². The molecule has 1 N–H and O–H groups in total. The number of hydrogen-bond acceptors (Lipinski definition) is 4. The molecule has 0 radical (unpaired) electrons. The molecule has 2 aliphatic heterocycles. The Morgan fingerprint density at radius 1 is 1.53 bits per heavy atom. The zero-order valence-corrected chi connectivity index (χ0v) is 9.37. The van der Waals surface area contributed by atoms with Gasteiger partial charge >= 0.3 is 5.97 Å². The highest BCUT2D eigenvalue weighted by atomic mass is 16.5. The van der Waals surface area contributed by atoms with Crippen molar-refractivity contribution < 1.29 is 9.53 Å². The van der Waals surface area contributed by atoms with Crippen molar-refractivity contribution in [1.29, 1.82) is 0 Å². The molecule has 2 atom stereocenters. The Balaban J connectivity index is 1.74. The Bertz CT molecular complexity index is 219. The van der Waals surface area contributed by atoms with Crippen LogP contribution in [-0.4, -0.2) is 49.7 Å². The van der Waals surface area contributed by atoms with Gasteiger partial charge in [-0.15, -0.1) is 0 Å². The highest BCUT2D eigenvalue weighted by Crippen LogP contribution is 2.26. The van der Waals surface area contributed by atoms with Crippen molar-refractivity contribution in [3.63, 3.8) is 0 Å². The van der Waals surface area contributed by atoms with Crippen molar-refractivity contribution in [2.45, 2.75) is 37.8 Å². The van der Waals surface area contributed by atoms with Gasteiger partial charge in [0.2, 0.25) is 0 Å². The summed E-state index contributed by atoms with van der Waals surface area (Å²) in [5.74, 6) is -0.167. The van der Waals surface area contributed by atoms with Gasteiger partial charge in [0, 0.05) is 18.6 Å². The van der Waals surface area contributed by atoms with Crippen LogP contribution in [0.15, 0.2) is 0 Å². The number of nitrogens with zero attached hydrogens (tertiary/aromatic N) is 1. The Morgan fingerprint density at radius 2 is 2.40 bits per heavy atom. The van der Waals surface area contributed by atoms with Crippen LogP contribution in [0.2, 0.25) is 0 Å².